The van der Waals surface area contributed by atoms with Crippen LogP contribution in [0.2, 0.25) is 0 Å². The maximum Gasteiger partial charge on any atom is 0.309 e. The lowest BCUT2D eigenvalue weighted by Crippen LogP contribution is -2.40. The summed E-state index contributed by atoms with van der Waals surface area (Å²) in [6.45, 7) is 0.755. The van der Waals surface area contributed by atoms with Crippen LogP contribution in [0.3, 0.4) is 0 Å². The van der Waals surface area contributed by atoms with Gasteiger partial charge < -0.3 is 9.84 Å². The number of rotatable bonds is 2. The normalized spacial score (nSPS) is 33.2. The van der Waals surface area contributed by atoms with Gasteiger partial charge in [0.2, 0.25) is 0 Å². The van der Waals surface area contributed by atoms with E-state index in [2.05, 4.69) is 0 Å². The minimum atomic E-state index is -0.658. The average Bonchev–Trinajstić information content (AvgIpc) is 2.57. The summed E-state index contributed by atoms with van der Waals surface area (Å²) in [7, 11) is 0. The first kappa shape index (κ1) is 11.9. The van der Waals surface area contributed by atoms with Gasteiger partial charge in [0, 0.05) is 6.61 Å². The summed E-state index contributed by atoms with van der Waals surface area (Å²) in [5.74, 6) is -0.422. The fraction of sp³-hybridized carbons (Fsp3) is 0.923. The summed E-state index contributed by atoms with van der Waals surface area (Å²) in [6, 6.07) is 0. The molecular weight excluding hydrogens is 204 g/mol. The van der Waals surface area contributed by atoms with Crippen LogP contribution >= 0.6 is 0 Å². The highest BCUT2D eigenvalue weighted by Gasteiger charge is 2.37. The Bertz CT molecular complexity index is 231. The monoisotopic (exact) mass is 226 g/mol. The minimum Gasteiger partial charge on any atom is -0.481 e. The Morgan fingerprint density at radius 3 is 2.31 bits per heavy atom. The quantitative estimate of drug-likeness (QED) is 0.736. The van der Waals surface area contributed by atoms with Crippen LogP contribution in [-0.4, -0.2) is 23.8 Å². The van der Waals surface area contributed by atoms with Crippen molar-refractivity contribution in [2.45, 2.75) is 57.5 Å². The summed E-state index contributed by atoms with van der Waals surface area (Å²) in [5, 5.41) is 9.23. The van der Waals surface area contributed by atoms with Gasteiger partial charge in [0.05, 0.1) is 12.0 Å². The Kier molecular flexibility index (Phi) is 4.22. The molecule has 1 heterocycles. The van der Waals surface area contributed by atoms with Gasteiger partial charge in [0.15, 0.2) is 0 Å². The topological polar surface area (TPSA) is 46.5 Å². The molecular formula is C13H22O3. The lowest BCUT2D eigenvalue weighted by atomic mass is 9.82. The van der Waals surface area contributed by atoms with E-state index in [0.717, 1.165) is 32.3 Å². The molecule has 3 heteroatoms. The van der Waals surface area contributed by atoms with Crippen LogP contribution < -0.4 is 0 Å². The standard InChI is InChI=1S/C13H22O3/c14-13(15)11-8-5-9-16-12(11)10-6-3-1-2-4-7-10/h10-12H,1-9H2,(H,14,15). The molecule has 2 fully saturated rings. The van der Waals surface area contributed by atoms with E-state index in [1.807, 2.05) is 0 Å². The fourth-order valence-electron chi connectivity index (χ4n) is 3.17. The Morgan fingerprint density at radius 1 is 1.00 bits per heavy atom. The van der Waals surface area contributed by atoms with Gasteiger partial charge in [0.1, 0.15) is 0 Å². The third kappa shape index (κ3) is 2.76. The van der Waals surface area contributed by atoms with Crippen LogP contribution in [0.4, 0.5) is 0 Å². The van der Waals surface area contributed by atoms with Crippen molar-refractivity contribution in [3.63, 3.8) is 0 Å². The highest BCUT2D eigenvalue weighted by atomic mass is 16.5. The van der Waals surface area contributed by atoms with Crippen LogP contribution in [-0.2, 0) is 9.53 Å². The second-order valence-electron chi connectivity index (χ2n) is 5.17. The number of hydrogen-bond acceptors (Lipinski definition) is 2. The van der Waals surface area contributed by atoms with E-state index in [-0.39, 0.29) is 12.0 Å². The van der Waals surface area contributed by atoms with Crippen LogP contribution in [0.1, 0.15) is 51.4 Å². The maximum absolute atomic E-state index is 11.2. The lowest BCUT2D eigenvalue weighted by molar-refractivity contribution is -0.155. The molecule has 2 rings (SSSR count). The molecule has 0 amide bonds. The van der Waals surface area contributed by atoms with Crippen LogP contribution in [0.25, 0.3) is 0 Å². The zero-order valence-electron chi connectivity index (χ0n) is 9.86. The zero-order chi connectivity index (χ0) is 11.4. The highest BCUT2D eigenvalue weighted by molar-refractivity contribution is 5.70. The van der Waals surface area contributed by atoms with E-state index in [4.69, 9.17) is 4.74 Å². The summed E-state index contributed by atoms with van der Waals surface area (Å²) in [6.07, 6.45) is 9.12. The summed E-state index contributed by atoms with van der Waals surface area (Å²) >= 11 is 0. The van der Waals surface area contributed by atoms with Crippen molar-refractivity contribution in [3.8, 4) is 0 Å². The number of carboxylic acid groups (broad SMARTS) is 1. The average molecular weight is 226 g/mol. The molecule has 0 radical (unpaired) electrons. The molecule has 0 aromatic heterocycles. The molecule has 0 bridgehead atoms. The predicted octanol–water partition coefficient (Wildman–Crippen LogP) is 2.84. The molecule has 1 saturated carbocycles. The van der Waals surface area contributed by atoms with E-state index in [1.165, 1.54) is 25.7 Å². The first-order chi connectivity index (χ1) is 7.79. The number of aliphatic carboxylic acids is 1. The summed E-state index contributed by atoms with van der Waals surface area (Å²) in [4.78, 5) is 11.2. The molecule has 1 aliphatic carbocycles. The smallest absolute Gasteiger partial charge is 0.309 e. The Labute approximate surface area is 97.2 Å². The van der Waals surface area contributed by atoms with Crippen molar-refractivity contribution in [2.24, 2.45) is 11.8 Å². The van der Waals surface area contributed by atoms with Gasteiger partial charge in [-0.1, -0.05) is 25.7 Å². The Balaban J connectivity index is 2.00. The van der Waals surface area contributed by atoms with Crippen molar-refractivity contribution in [1.29, 1.82) is 0 Å². The lowest BCUT2D eigenvalue weighted by Gasteiger charge is -2.34. The van der Waals surface area contributed by atoms with Crippen molar-refractivity contribution in [3.05, 3.63) is 0 Å². The van der Waals surface area contributed by atoms with E-state index in [9.17, 15) is 9.90 Å². The van der Waals surface area contributed by atoms with E-state index >= 15 is 0 Å². The molecule has 92 valence electrons. The minimum absolute atomic E-state index is 0.00986. The summed E-state index contributed by atoms with van der Waals surface area (Å²) in [5.41, 5.74) is 0. The number of carbonyl (C=O) groups is 1. The van der Waals surface area contributed by atoms with Gasteiger partial charge in [0.25, 0.3) is 0 Å². The number of ether oxygens (including phenoxy) is 1. The molecule has 16 heavy (non-hydrogen) atoms. The molecule has 1 saturated heterocycles. The molecule has 1 N–H and O–H groups in total. The van der Waals surface area contributed by atoms with E-state index in [1.54, 1.807) is 0 Å². The molecule has 0 aromatic rings. The second kappa shape index (κ2) is 5.67. The first-order valence-electron chi connectivity index (χ1n) is 6.63. The molecule has 2 atom stereocenters. The Hall–Kier alpha value is -0.570. The highest BCUT2D eigenvalue weighted by Crippen LogP contribution is 2.34. The zero-order valence-corrected chi connectivity index (χ0v) is 9.86. The maximum atomic E-state index is 11.2. The fourth-order valence-corrected chi connectivity index (χ4v) is 3.17. The number of hydrogen-bond donors (Lipinski definition) is 1. The van der Waals surface area contributed by atoms with Gasteiger partial charge in [-0.15, -0.1) is 0 Å². The molecule has 2 unspecified atom stereocenters. The SMILES string of the molecule is O=C(O)C1CCCOC1C1CCCCCC1. The van der Waals surface area contributed by atoms with Gasteiger partial charge in [-0.25, -0.2) is 0 Å². The Morgan fingerprint density at radius 2 is 1.69 bits per heavy atom. The van der Waals surface area contributed by atoms with E-state index < -0.39 is 5.97 Å². The largest absolute Gasteiger partial charge is 0.481 e. The summed E-state index contributed by atoms with van der Waals surface area (Å²) < 4.78 is 5.77. The van der Waals surface area contributed by atoms with Gasteiger partial charge in [-0.2, -0.15) is 0 Å². The predicted molar refractivity (Wildman–Crippen MR) is 61.3 cm³/mol. The van der Waals surface area contributed by atoms with Crippen molar-refractivity contribution in [1.82, 2.24) is 0 Å². The molecule has 1 aliphatic heterocycles. The molecule has 2 aliphatic rings. The molecule has 0 spiro atoms. The van der Waals surface area contributed by atoms with Crippen LogP contribution in [0.5, 0.6) is 0 Å². The third-order valence-electron chi connectivity index (χ3n) is 4.05. The van der Waals surface area contributed by atoms with Gasteiger partial charge in [-0.05, 0) is 31.6 Å². The van der Waals surface area contributed by atoms with Crippen molar-refractivity contribution < 1.29 is 14.6 Å². The molecule has 0 aromatic carbocycles. The van der Waals surface area contributed by atoms with Gasteiger partial charge in [-0.3, -0.25) is 4.79 Å². The molecule has 3 nitrogen and oxygen atoms in total. The van der Waals surface area contributed by atoms with Crippen LogP contribution in [0, 0.1) is 11.8 Å². The third-order valence-corrected chi connectivity index (χ3v) is 4.05. The first-order valence-corrected chi connectivity index (χ1v) is 6.63. The van der Waals surface area contributed by atoms with Crippen molar-refractivity contribution in [2.75, 3.05) is 6.61 Å². The second-order valence-corrected chi connectivity index (χ2v) is 5.17. The van der Waals surface area contributed by atoms with E-state index in [0.29, 0.717) is 5.92 Å². The number of carboxylic acids is 1. The van der Waals surface area contributed by atoms with Crippen LogP contribution in [0.15, 0.2) is 0 Å². The van der Waals surface area contributed by atoms with Gasteiger partial charge >= 0.3 is 5.97 Å². The van der Waals surface area contributed by atoms with Crippen molar-refractivity contribution >= 4 is 5.97 Å².